The Balaban J connectivity index is 1.95. The first-order chi connectivity index (χ1) is 13.6. The normalized spacial score (nSPS) is 10.6. The number of rotatable bonds is 11. The molecule has 0 aliphatic rings. The van der Waals surface area contributed by atoms with E-state index in [0.29, 0.717) is 26.1 Å². The monoisotopic (exact) mass is 447 g/mol. The summed E-state index contributed by atoms with van der Waals surface area (Å²) in [6.07, 6.45) is 4.12. The smallest absolute Gasteiger partial charge is 0.224 e. The topological polar surface area (TPSA) is 47.6 Å². The van der Waals surface area contributed by atoms with Crippen LogP contribution in [0.5, 0.6) is 11.5 Å². The van der Waals surface area contributed by atoms with Crippen molar-refractivity contribution in [3.05, 3.63) is 52.0 Å². The van der Waals surface area contributed by atoms with Crippen molar-refractivity contribution in [3.63, 3.8) is 0 Å². The molecule has 4 nitrogen and oxygen atoms in total. The van der Waals surface area contributed by atoms with Crippen molar-refractivity contribution in [1.82, 2.24) is 0 Å². The number of hydrogen-bond acceptors (Lipinski definition) is 3. The molecule has 28 heavy (non-hydrogen) atoms. The molecule has 0 heterocycles. The third-order valence-electron chi connectivity index (χ3n) is 4.42. The van der Waals surface area contributed by atoms with E-state index < -0.39 is 0 Å². The van der Waals surface area contributed by atoms with Crippen molar-refractivity contribution in [2.45, 2.75) is 52.9 Å². The Morgan fingerprint density at radius 2 is 1.79 bits per heavy atom. The fourth-order valence-corrected chi connectivity index (χ4v) is 3.30. The number of ether oxygens (including phenoxy) is 2. The molecule has 0 aliphatic carbocycles. The summed E-state index contributed by atoms with van der Waals surface area (Å²) in [6.45, 7) is 7.46. The van der Waals surface area contributed by atoms with Crippen LogP contribution < -0.4 is 14.8 Å². The quantitative estimate of drug-likeness (QED) is 0.419. The molecule has 0 fully saturated rings. The SMILES string of the molecule is CCCCOc1ccc(CCC(=O)Nc2ccc(CC)cc2Br)cc1OCC. The van der Waals surface area contributed by atoms with Crippen LogP contribution in [-0.2, 0) is 17.6 Å². The zero-order valence-corrected chi connectivity index (χ0v) is 18.6. The third-order valence-corrected chi connectivity index (χ3v) is 5.08. The van der Waals surface area contributed by atoms with E-state index in [1.165, 1.54) is 5.56 Å². The second-order valence-electron chi connectivity index (χ2n) is 6.63. The number of unbranched alkanes of at least 4 members (excludes halogenated alkanes) is 1. The van der Waals surface area contributed by atoms with Gasteiger partial charge in [0.25, 0.3) is 0 Å². The van der Waals surface area contributed by atoms with Crippen LogP contribution in [0.25, 0.3) is 0 Å². The van der Waals surface area contributed by atoms with E-state index in [1.807, 2.05) is 43.3 Å². The number of carbonyl (C=O) groups is 1. The standard InChI is InChI=1S/C23H30BrNO3/c1-4-7-14-28-21-12-9-18(16-22(21)27-6-3)10-13-23(26)25-20-11-8-17(5-2)15-19(20)24/h8-9,11-12,15-16H,4-7,10,13-14H2,1-3H3,(H,25,26). The van der Waals surface area contributed by atoms with E-state index in [1.54, 1.807) is 0 Å². The van der Waals surface area contributed by atoms with Crippen molar-refractivity contribution in [3.8, 4) is 11.5 Å². The Morgan fingerprint density at radius 3 is 2.46 bits per heavy atom. The van der Waals surface area contributed by atoms with Gasteiger partial charge in [0.15, 0.2) is 11.5 Å². The van der Waals surface area contributed by atoms with Crippen molar-refractivity contribution < 1.29 is 14.3 Å². The van der Waals surface area contributed by atoms with E-state index in [2.05, 4.69) is 35.1 Å². The van der Waals surface area contributed by atoms with E-state index in [4.69, 9.17) is 9.47 Å². The molecule has 0 saturated carbocycles. The van der Waals surface area contributed by atoms with Gasteiger partial charge in [0, 0.05) is 10.9 Å². The summed E-state index contributed by atoms with van der Waals surface area (Å²) in [5, 5.41) is 2.98. The Morgan fingerprint density at radius 1 is 1.00 bits per heavy atom. The molecule has 1 amide bonds. The van der Waals surface area contributed by atoms with Gasteiger partial charge in [-0.15, -0.1) is 0 Å². The van der Waals surface area contributed by atoms with E-state index in [-0.39, 0.29) is 5.91 Å². The summed E-state index contributed by atoms with van der Waals surface area (Å²) < 4.78 is 12.4. The van der Waals surface area contributed by atoms with Crippen molar-refractivity contribution in [2.75, 3.05) is 18.5 Å². The summed E-state index contributed by atoms with van der Waals surface area (Å²) in [7, 11) is 0. The second-order valence-corrected chi connectivity index (χ2v) is 7.49. The average molecular weight is 448 g/mol. The minimum Gasteiger partial charge on any atom is -0.490 e. The zero-order valence-electron chi connectivity index (χ0n) is 17.0. The highest BCUT2D eigenvalue weighted by Crippen LogP contribution is 2.29. The van der Waals surface area contributed by atoms with Crippen LogP contribution in [-0.4, -0.2) is 19.1 Å². The molecule has 0 aliphatic heterocycles. The number of halogens is 1. The van der Waals surface area contributed by atoms with Crippen molar-refractivity contribution in [2.24, 2.45) is 0 Å². The van der Waals surface area contributed by atoms with Gasteiger partial charge < -0.3 is 14.8 Å². The fraction of sp³-hybridized carbons (Fsp3) is 0.435. The van der Waals surface area contributed by atoms with Gasteiger partial charge in [0.2, 0.25) is 5.91 Å². The predicted octanol–water partition coefficient (Wildman–Crippen LogP) is 6.16. The van der Waals surface area contributed by atoms with E-state index in [9.17, 15) is 4.79 Å². The fourth-order valence-electron chi connectivity index (χ4n) is 2.77. The number of carbonyl (C=O) groups excluding carboxylic acids is 1. The lowest BCUT2D eigenvalue weighted by atomic mass is 10.1. The summed E-state index contributed by atoms with van der Waals surface area (Å²) in [4.78, 5) is 12.4. The van der Waals surface area contributed by atoms with Gasteiger partial charge >= 0.3 is 0 Å². The third kappa shape index (κ3) is 6.86. The van der Waals surface area contributed by atoms with Gasteiger partial charge in [-0.3, -0.25) is 4.79 Å². The molecule has 1 N–H and O–H groups in total. The highest BCUT2D eigenvalue weighted by molar-refractivity contribution is 9.10. The highest BCUT2D eigenvalue weighted by atomic mass is 79.9. The average Bonchev–Trinajstić information content (AvgIpc) is 2.69. The maximum atomic E-state index is 12.4. The van der Waals surface area contributed by atoms with Gasteiger partial charge in [0.1, 0.15) is 0 Å². The lowest BCUT2D eigenvalue weighted by Gasteiger charge is -2.13. The number of benzene rings is 2. The Labute approximate surface area is 176 Å². The molecule has 5 heteroatoms. The van der Waals surface area contributed by atoms with Crippen LogP contribution in [0.15, 0.2) is 40.9 Å². The first-order valence-electron chi connectivity index (χ1n) is 10.0. The number of nitrogens with one attached hydrogen (secondary N) is 1. The summed E-state index contributed by atoms with van der Waals surface area (Å²) in [5.41, 5.74) is 3.09. The minimum absolute atomic E-state index is 0.00817. The maximum Gasteiger partial charge on any atom is 0.224 e. The van der Waals surface area contributed by atoms with Crippen LogP contribution in [0.1, 0.15) is 51.2 Å². The Bertz CT molecular complexity index is 776. The summed E-state index contributed by atoms with van der Waals surface area (Å²) in [6, 6.07) is 11.9. The predicted molar refractivity (Wildman–Crippen MR) is 118 cm³/mol. The van der Waals surface area contributed by atoms with Gasteiger partial charge in [-0.2, -0.15) is 0 Å². The molecular weight excluding hydrogens is 418 g/mol. The first-order valence-corrected chi connectivity index (χ1v) is 10.8. The molecule has 0 aromatic heterocycles. The van der Waals surface area contributed by atoms with Gasteiger partial charge in [-0.05, 0) is 77.5 Å². The van der Waals surface area contributed by atoms with Crippen LogP contribution in [0, 0.1) is 0 Å². The van der Waals surface area contributed by atoms with Crippen LogP contribution >= 0.6 is 15.9 Å². The Hall–Kier alpha value is -2.01. The molecule has 0 saturated heterocycles. The van der Waals surface area contributed by atoms with Crippen molar-refractivity contribution >= 4 is 27.5 Å². The number of hydrogen-bond donors (Lipinski definition) is 1. The number of amides is 1. The lowest BCUT2D eigenvalue weighted by Crippen LogP contribution is -2.13. The molecule has 0 unspecified atom stereocenters. The summed E-state index contributed by atoms with van der Waals surface area (Å²) in [5.74, 6) is 1.50. The molecule has 0 atom stereocenters. The van der Waals surface area contributed by atoms with Gasteiger partial charge in [-0.25, -0.2) is 0 Å². The molecule has 2 aromatic rings. The summed E-state index contributed by atoms with van der Waals surface area (Å²) >= 11 is 3.53. The molecule has 2 rings (SSSR count). The largest absolute Gasteiger partial charge is 0.490 e. The van der Waals surface area contributed by atoms with Crippen LogP contribution in [0.3, 0.4) is 0 Å². The molecule has 0 spiro atoms. The first kappa shape index (κ1) is 22.3. The van der Waals surface area contributed by atoms with E-state index in [0.717, 1.165) is 46.5 Å². The van der Waals surface area contributed by atoms with Crippen LogP contribution in [0.4, 0.5) is 5.69 Å². The maximum absolute atomic E-state index is 12.4. The van der Waals surface area contributed by atoms with Crippen molar-refractivity contribution in [1.29, 1.82) is 0 Å². The Kier molecular flexibility index (Phi) is 9.35. The number of anilines is 1. The molecule has 152 valence electrons. The zero-order chi connectivity index (χ0) is 20.4. The van der Waals surface area contributed by atoms with Crippen LogP contribution in [0.2, 0.25) is 0 Å². The highest BCUT2D eigenvalue weighted by Gasteiger charge is 2.10. The lowest BCUT2D eigenvalue weighted by molar-refractivity contribution is -0.116. The van der Waals surface area contributed by atoms with Gasteiger partial charge in [-0.1, -0.05) is 32.4 Å². The molecule has 0 radical (unpaired) electrons. The number of aryl methyl sites for hydroxylation is 2. The molecule has 0 bridgehead atoms. The molecular formula is C23H30BrNO3. The van der Waals surface area contributed by atoms with Gasteiger partial charge in [0.05, 0.1) is 18.9 Å². The second kappa shape index (κ2) is 11.7. The van der Waals surface area contributed by atoms with E-state index >= 15 is 0 Å². The minimum atomic E-state index is -0.00817. The molecule has 2 aromatic carbocycles.